The zero-order chi connectivity index (χ0) is 16.9. The zero-order valence-corrected chi connectivity index (χ0v) is 12.9. The molecule has 2 aromatic heterocycles. The summed E-state index contributed by atoms with van der Waals surface area (Å²) in [5.74, 6) is 0.0398. The first kappa shape index (κ1) is 15.5. The Balaban J connectivity index is 2.06. The van der Waals surface area contributed by atoms with Crippen molar-refractivity contribution in [2.24, 2.45) is 5.73 Å². The van der Waals surface area contributed by atoms with Crippen LogP contribution in [-0.2, 0) is 11.2 Å². The van der Waals surface area contributed by atoms with Crippen LogP contribution in [0.2, 0.25) is 0 Å². The monoisotopic (exact) mass is 320 g/mol. The predicted molar refractivity (Wildman–Crippen MR) is 90.4 cm³/mol. The van der Waals surface area contributed by atoms with E-state index in [0.29, 0.717) is 17.9 Å². The molecule has 24 heavy (non-hydrogen) atoms. The number of nitrogen functional groups attached to an aromatic ring is 1. The number of hydrogen-bond acceptors (Lipinski definition) is 6. The van der Waals surface area contributed by atoms with Crippen LogP contribution < -0.4 is 11.5 Å². The topological polar surface area (TPSA) is 121 Å². The minimum atomic E-state index is -0.350. The second-order valence-corrected chi connectivity index (χ2v) is 5.29. The Kier molecular flexibility index (Phi) is 4.42. The van der Waals surface area contributed by atoms with Gasteiger partial charge in [-0.05, 0) is 17.5 Å². The van der Waals surface area contributed by atoms with E-state index in [-0.39, 0.29) is 12.3 Å². The van der Waals surface area contributed by atoms with Crippen LogP contribution in [0, 0.1) is 0 Å². The molecular weight excluding hydrogens is 304 g/mol. The molecule has 0 bridgehead atoms. The van der Waals surface area contributed by atoms with E-state index in [4.69, 9.17) is 11.5 Å². The molecule has 0 saturated heterocycles. The van der Waals surface area contributed by atoms with Gasteiger partial charge < -0.3 is 11.5 Å². The highest BCUT2D eigenvalue weighted by atomic mass is 16.1. The van der Waals surface area contributed by atoms with Gasteiger partial charge in [0.15, 0.2) is 0 Å². The standard InChI is InChI=1S/C17H16N6O/c18-16-6-15(22-10-23-16)14-3-1-11(13-7-20-9-21-8-13)5-12(14)2-4-17(19)24/h1,3,5-10H,2,4H2,(H2,19,24)(H2,18,22,23). The molecule has 0 aliphatic heterocycles. The van der Waals surface area contributed by atoms with Crippen LogP contribution in [0.15, 0.2) is 49.3 Å². The lowest BCUT2D eigenvalue weighted by Crippen LogP contribution is -2.11. The molecule has 1 aromatic carbocycles. The summed E-state index contributed by atoms with van der Waals surface area (Å²) in [6.07, 6.45) is 7.14. The largest absolute Gasteiger partial charge is 0.384 e. The molecule has 0 unspecified atom stereocenters. The zero-order valence-electron chi connectivity index (χ0n) is 12.9. The van der Waals surface area contributed by atoms with Crippen LogP contribution in [0.1, 0.15) is 12.0 Å². The van der Waals surface area contributed by atoms with E-state index < -0.39 is 0 Å². The van der Waals surface area contributed by atoms with E-state index in [0.717, 1.165) is 22.3 Å². The third-order valence-corrected chi connectivity index (χ3v) is 3.60. The highest BCUT2D eigenvalue weighted by molar-refractivity contribution is 5.76. The SMILES string of the molecule is NC(=O)CCc1cc(-c2cncnc2)ccc1-c1cc(N)ncn1. The van der Waals surface area contributed by atoms with Crippen molar-refractivity contribution in [2.45, 2.75) is 12.8 Å². The minimum absolute atomic E-state index is 0.252. The van der Waals surface area contributed by atoms with Gasteiger partial charge in [-0.3, -0.25) is 4.79 Å². The number of anilines is 1. The molecule has 2 heterocycles. The average Bonchev–Trinajstić information content (AvgIpc) is 2.60. The van der Waals surface area contributed by atoms with Crippen molar-refractivity contribution in [2.75, 3.05) is 5.73 Å². The summed E-state index contributed by atoms with van der Waals surface area (Å²) in [6, 6.07) is 7.60. The van der Waals surface area contributed by atoms with Crippen molar-refractivity contribution in [3.63, 3.8) is 0 Å². The maximum Gasteiger partial charge on any atom is 0.217 e. The van der Waals surface area contributed by atoms with E-state index in [1.165, 1.54) is 12.7 Å². The fraction of sp³-hybridized carbons (Fsp3) is 0.118. The van der Waals surface area contributed by atoms with Gasteiger partial charge in [0, 0.05) is 36.0 Å². The number of amides is 1. The van der Waals surface area contributed by atoms with Gasteiger partial charge in [-0.1, -0.05) is 18.2 Å². The van der Waals surface area contributed by atoms with E-state index in [9.17, 15) is 4.79 Å². The molecule has 0 aliphatic rings. The van der Waals surface area contributed by atoms with Crippen LogP contribution in [0.3, 0.4) is 0 Å². The molecule has 0 saturated carbocycles. The Morgan fingerprint density at radius 1 is 1.00 bits per heavy atom. The summed E-state index contributed by atoms with van der Waals surface area (Å²) in [4.78, 5) is 27.4. The molecule has 120 valence electrons. The number of primary amides is 1. The molecule has 7 nitrogen and oxygen atoms in total. The highest BCUT2D eigenvalue weighted by Crippen LogP contribution is 2.28. The molecule has 3 aromatic rings. The van der Waals surface area contributed by atoms with E-state index in [1.807, 2.05) is 18.2 Å². The van der Waals surface area contributed by atoms with Gasteiger partial charge in [0.1, 0.15) is 18.5 Å². The minimum Gasteiger partial charge on any atom is -0.384 e. The lowest BCUT2D eigenvalue weighted by Gasteiger charge is -2.11. The highest BCUT2D eigenvalue weighted by Gasteiger charge is 2.11. The number of aromatic nitrogens is 4. The Morgan fingerprint density at radius 3 is 2.50 bits per heavy atom. The van der Waals surface area contributed by atoms with E-state index >= 15 is 0 Å². The normalized spacial score (nSPS) is 10.5. The lowest BCUT2D eigenvalue weighted by atomic mass is 9.95. The Hall–Kier alpha value is -3.35. The molecule has 0 fully saturated rings. The van der Waals surface area contributed by atoms with Crippen molar-refractivity contribution >= 4 is 11.7 Å². The third kappa shape index (κ3) is 3.52. The lowest BCUT2D eigenvalue weighted by molar-refractivity contribution is -0.117. The number of carbonyl (C=O) groups is 1. The fourth-order valence-electron chi connectivity index (χ4n) is 2.46. The van der Waals surface area contributed by atoms with Crippen LogP contribution in [-0.4, -0.2) is 25.8 Å². The number of benzene rings is 1. The summed E-state index contributed by atoms with van der Waals surface area (Å²) in [5.41, 5.74) is 15.5. The maximum absolute atomic E-state index is 11.2. The summed E-state index contributed by atoms with van der Waals surface area (Å²) in [7, 11) is 0. The van der Waals surface area contributed by atoms with Gasteiger partial charge in [-0.15, -0.1) is 0 Å². The maximum atomic E-state index is 11.2. The Morgan fingerprint density at radius 2 is 1.79 bits per heavy atom. The molecule has 0 radical (unpaired) electrons. The Labute approximate surface area is 138 Å². The second kappa shape index (κ2) is 6.82. The van der Waals surface area contributed by atoms with E-state index in [1.54, 1.807) is 18.5 Å². The van der Waals surface area contributed by atoms with Crippen molar-refractivity contribution in [1.82, 2.24) is 19.9 Å². The molecule has 3 rings (SSSR count). The molecule has 0 spiro atoms. The predicted octanol–water partition coefficient (Wildman–Crippen LogP) is 1.60. The second-order valence-electron chi connectivity index (χ2n) is 5.29. The molecule has 1 amide bonds. The average molecular weight is 320 g/mol. The molecule has 0 atom stereocenters. The molecular formula is C17H16N6O. The van der Waals surface area contributed by atoms with E-state index in [2.05, 4.69) is 19.9 Å². The summed E-state index contributed by atoms with van der Waals surface area (Å²) < 4.78 is 0. The summed E-state index contributed by atoms with van der Waals surface area (Å²) in [5, 5.41) is 0. The van der Waals surface area contributed by atoms with Crippen molar-refractivity contribution in [3.8, 4) is 22.4 Å². The van der Waals surface area contributed by atoms with Crippen LogP contribution in [0.5, 0.6) is 0 Å². The summed E-state index contributed by atoms with van der Waals surface area (Å²) >= 11 is 0. The van der Waals surface area contributed by atoms with Gasteiger partial charge in [-0.25, -0.2) is 19.9 Å². The van der Waals surface area contributed by atoms with Crippen LogP contribution in [0.25, 0.3) is 22.4 Å². The first-order valence-electron chi connectivity index (χ1n) is 7.38. The smallest absolute Gasteiger partial charge is 0.217 e. The summed E-state index contributed by atoms with van der Waals surface area (Å²) in [6.45, 7) is 0. The van der Waals surface area contributed by atoms with Crippen molar-refractivity contribution < 1.29 is 4.79 Å². The molecule has 0 aliphatic carbocycles. The van der Waals surface area contributed by atoms with Crippen LogP contribution in [0.4, 0.5) is 5.82 Å². The first-order chi connectivity index (χ1) is 11.6. The number of aryl methyl sites for hydroxylation is 1. The van der Waals surface area contributed by atoms with Crippen molar-refractivity contribution in [1.29, 1.82) is 0 Å². The van der Waals surface area contributed by atoms with Gasteiger partial charge in [0.25, 0.3) is 0 Å². The van der Waals surface area contributed by atoms with Gasteiger partial charge in [-0.2, -0.15) is 0 Å². The van der Waals surface area contributed by atoms with Gasteiger partial charge in [0.05, 0.1) is 5.69 Å². The third-order valence-electron chi connectivity index (χ3n) is 3.60. The number of nitrogens with zero attached hydrogens (tertiary/aromatic N) is 4. The Bertz CT molecular complexity index is 866. The molecule has 4 N–H and O–H groups in total. The number of carbonyl (C=O) groups excluding carboxylic acids is 1. The fourth-order valence-corrected chi connectivity index (χ4v) is 2.46. The number of rotatable bonds is 5. The van der Waals surface area contributed by atoms with Gasteiger partial charge >= 0.3 is 0 Å². The van der Waals surface area contributed by atoms with Crippen LogP contribution >= 0.6 is 0 Å². The van der Waals surface area contributed by atoms with Gasteiger partial charge in [0.2, 0.25) is 5.91 Å². The first-order valence-corrected chi connectivity index (χ1v) is 7.38. The quantitative estimate of drug-likeness (QED) is 0.736. The molecule has 7 heteroatoms. The number of nitrogens with two attached hydrogens (primary N) is 2. The van der Waals surface area contributed by atoms with Crippen molar-refractivity contribution in [3.05, 3.63) is 54.9 Å². The number of hydrogen-bond donors (Lipinski definition) is 2.